The normalized spacial score (nSPS) is 15.8. The first-order valence-electron chi connectivity index (χ1n) is 11.8. The number of aryl methyl sites for hydroxylation is 2. The van der Waals surface area contributed by atoms with Crippen molar-refractivity contribution in [3.63, 3.8) is 0 Å². The van der Waals surface area contributed by atoms with E-state index in [0.717, 1.165) is 34.5 Å². The van der Waals surface area contributed by atoms with Crippen LogP contribution in [0.5, 0.6) is 11.5 Å². The minimum Gasteiger partial charge on any atom is -0.490 e. The molecule has 1 saturated heterocycles. The first-order chi connectivity index (χ1) is 17.0. The first kappa shape index (κ1) is 24.6. The van der Waals surface area contributed by atoms with Crippen molar-refractivity contribution in [2.24, 2.45) is 4.99 Å². The van der Waals surface area contributed by atoms with Gasteiger partial charge in [-0.2, -0.15) is 0 Å². The number of hydrogen-bond acceptors (Lipinski definition) is 5. The van der Waals surface area contributed by atoms with Crippen LogP contribution in [-0.4, -0.2) is 24.3 Å². The highest BCUT2D eigenvalue weighted by atomic mass is 32.2. The number of benzene rings is 3. The van der Waals surface area contributed by atoms with E-state index in [-0.39, 0.29) is 5.91 Å². The van der Waals surface area contributed by atoms with Crippen LogP contribution in [0.15, 0.2) is 76.6 Å². The molecule has 0 aromatic heterocycles. The van der Waals surface area contributed by atoms with Crippen LogP contribution in [0.2, 0.25) is 0 Å². The third kappa shape index (κ3) is 5.95. The summed E-state index contributed by atoms with van der Waals surface area (Å²) in [7, 11) is 0. The van der Waals surface area contributed by atoms with Gasteiger partial charge in [0.2, 0.25) is 0 Å². The minimum absolute atomic E-state index is 0.103. The summed E-state index contributed by atoms with van der Waals surface area (Å²) in [6.07, 6.45) is 2.80. The van der Waals surface area contributed by atoms with Gasteiger partial charge in [-0.1, -0.05) is 48.4 Å². The van der Waals surface area contributed by atoms with Crippen LogP contribution in [0.25, 0.3) is 6.08 Å². The van der Waals surface area contributed by atoms with Crippen molar-refractivity contribution in [3.8, 4) is 11.5 Å². The standard InChI is InChI=1S/C29H30N2O3S/c1-5-17-34-25-16-11-22(18-26(25)33-6-2)19-27-28(32)31(24-14-9-21(4)10-15-24)29(35-27)30-23-12-7-20(3)8-13-23/h7-16,18-19H,5-6,17H2,1-4H3/b27-19-,30-29?. The molecule has 3 aromatic rings. The van der Waals surface area contributed by atoms with Gasteiger partial charge in [0.15, 0.2) is 16.7 Å². The highest BCUT2D eigenvalue weighted by molar-refractivity contribution is 8.19. The molecule has 180 valence electrons. The van der Waals surface area contributed by atoms with Crippen molar-refractivity contribution >= 4 is 40.3 Å². The number of hydrogen-bond donors (Lipinski definition) is 0. The van der Waals surface area contributed by atoms with Gasteiger partial charge >= 0.3 is 0 Å². The van der Waals surface area contributed by atoms with Gasteiger partial charge in [-0.05, 0) is 87.0 Å². The van der Waals surface area contributed by atoms with Crippen LogP contribution in [0.3, 0.4) is 0 Å². The fourth-order valence-corrected chi connectivity index (χ4v) is 4.57. The highest BCUT2D eigenvalue weighted by Crippen LogP contribution is 2.38. The maximum Gasteiger partial charge on any atom is 0.271 e. The lowest BCUT2D eigenvalue weighted by molar-refractivity contribution is -0.113. The zero-order valence-corrected chi connectivity index (χ0v) is 21.4. The van der Waals surface area contributed by atoms with E-state index in [1.807, 2.05) is 93.6 Å². The SMILES string of the molecule is CCCOc1ccc(/C=C2\SC(=Nc3ccc(C)cc3)N(c3ccc(C)cc3)C2=O)cc1OCC. The molecule has 0 unspecified atom stereocenters. The van der Waals surface area contributed by atoms with Gasteiger partial charge in [0, 0.05) is 0 Å². The molecule has 0 atom stereocenters. The summed E-state index contributed by atoms with van der Waals surface area (Å²) in [4.78, 5) is 20.7. The lowest BCUT2D eigenvalue weighted by atomic mass is 10.1. The number of nitrogens with zero attached hydrogens (tertiary/aromatic N) is 2. The zero-order valence-electron chi connectivity index (χ0n) is 20.6. The molecule has 1 aliphatic heterocycles. The minimum atomic E-state index is -0.103. The molecule has 5 nitrogen and oxygen atoms in total. The molecule has 1 heterocycles. The van der Waals surface area contributed by atoms with Gasteiger partial charge in [0.1, 0.15) is 0 Å². The molecule has 0 N–H and O–H groups in total. The molecule has 1 fully saturated rings. The summed E-state index contributed by atoms with van der Waals surface area (Å²) in [5.74, 6) is 1.29. The summed E-state index contributed by atoms with van der Waals surface area (Å²) >= 11 is 1.37. The smallest absolute Gasteiger partial charge is 0.271 e. The van der Waals surface area contributed by atoms with Gasteiger partial charge in [-0.25, -0.2) is 4.99 Å². The van der Waals surface area contributed by atoms with E-state index in [2.05, 4.69) is 6.92 Å². The molecule has 4 rings (SSSR count). The molecule has 6 heteroatoms. The van der Waals surface area contributed by atoms with Crippen LogP contribution < -0.4 is 14.4 Å². The fraction of sp³-hybridized carbons (Fsp3) is 0.241. The van der Waals surface area contributed by atoms with Crippen molar-refractivity contribution in [1.29, 1.82) is 0 Å². The van der Waals surface area contributed by atoms with Crippen LogP contribution in [0.4, 0.5) is 11.4 Å². The Balaban J connectivity index is 1.71. The third-order valence-corrected chi connectivity index (χ3v) is 6.35. The second kappa shape index (κ2) is 11.3. The van der Waals surface area contributed by atoms with E-state index in [1.165, 1.54) is 11.8 Å². The molecule has 3 aromatic carbocycles. The average molecular weight is 487 g/mol. The summed E-state index contributed by atoms with van der Waals surface area (Å²) < 4.78 is 11.6. The number of aliphatic imine (C=N–C) groups is 1. The molecule has 0 bridgehead atoms. The van der Waals surface area contributed by atoms with Crippen LogP contribution in [0.1, 0.15) is 37.0 Å². The van der Waals surface area contributed by atoms with Gasteiger partial charge in [0.25, 0.3) is 5.91 Å². The number of rotatable bonds is 8. The number of amides is 1. The Morgan fingerprint density at radius 1 is 0.886 bits per heavy atom. The quantitative estimate of drug-likeness (QED) is 0.314. The molecular formula is C29H30N2O3S. The number of amidine groups is 1. The van der Waals surface area contributed by atoms with Crippen LogP contribution in [0, 0.1) is 13.8 Å². The van der Waals surface area contributed by atoms with E-state index >= 15 is 0 Å². The Morgan fingerprint density at radius 2 is 1.57 bits per heavy atom. The van der Waals surface area contributed by atoms with Crippen molar-refractivity contribution in [2.75, 3.05) is 18.1 Å². The Bertz CT molecular complexity index is 1250. The Labute approximate surface area is 211 Å². The molecule has 1 amide bonds. The number of anilines is 1. The lowest BCUT2D eigenvalue weighted by Gasteiger charge is -2.16. The maximum atomic E-state index is 13.6. The van der Waals surface area contributed by atoms with Crippen LogP contribution in [-0.2, 0) is 4.79 Å². The predicted molar refractivity (Wildman–Crippen MR) is 146 cm³/mol. The molecule has 0 spiro atoms. The largest absolute Gasteiger partial charge is 0.490 e. The summed E-state index contributed by atoms with van der Waals surface area (Å²) in [6, 6.07) is 21.6. The van der Waals surface area contributed by atoms with E-state index in [1.54, 1.807) is 4.90 Å². The maximum absolute atomic E-state index is 13.6. The second-order valence-corrected chi connectivity index (χ2v) is 9.31. The van der Waals surface area contributed by atoms with Gasteiger partial charge < -0.3 is 9.47 Å². The van der Waals surface area contributed by atoms with Gasteiger partial charge in [-0.15, -0.1) is 0 Å². The van der Waals surface area contributed by atoms with Crippen molar-refractivity contribution < 1.29 is 14.3 Å². The van der Waals surface area contributed by atoms with Crippen LogP contribution >= 0.6 is 11.8 Å². The van der Waals surface area contributed by atoms with Crippen molar-refractivity contribution in [1.82, 2.24) is 0 Å². The number of ether oxygens (including phenoxy) is 2. The monoisotopic (exact) mass is 486 g/mol. The Kier molecular flexibility index (Phi) is 7.93. The average Bonchev–Trinajstić information content (AvgIpc) is 3.15. The van der Waals surface area contributed by atoms with Crippen molar-refractivity contribution in [3.05, 3.63) is 88.3 Å². The second-order valence-electron chi connectivity index (χ2n) is 8.30. The molecule has 0 radical (unpaired) electrons. The number of carbonyl (C=O) groups is 1. The zero-order chi connectivity index (χ0) is 24.8. The Morgan fingerprint density at radius 3 is 2.23 bits per heavy atom. The summed E-state index contributed by atoms with van der Waals surface area (Å²) in [6.45, 7) is 9.24. The predicted octanol–water partition coefficient (Wildman–Crippen LogP) is 7.30. The number of carbonyl (C=O) groups excluding carboxylic acids is 1. The molecule has 35 heavy (non-hydrogen) atoms. The lowest BCUT2D eigenvalue weighted by Crippen LogP contribution is -2.28. The summed E-state index contributed by atoms with van der Waals surface area (Å²) in [5, 5.41) is 0.627. The molecule has 1 aliphatic rings. The topological polar surface area (TPSA) is 51.1 Å². The van der Waals surface area contributed by atoms with E-state index in [9.17, 15) is 4.79 Å². The third-order valence-electron chi connectivity index (χ3n) is 5.38. The fourth-order valence-electron chi connectivity index (χ4n) is 3.57. The Hall–Kier alpha value is -3.51. The van der Waals surface area contributed by atoms with E-state index in [0.29, 0.717) is 34.8 Å². The van der Waals surface area contributed by atoms with Gasteiger partial charge in [-0.3, -0.25) is 9.69 Å². The first-order valence-corrected chi connectivity index (χ1v) is 12.7. The molecule has 0 saturated carbocycles. The highest BCUT2D eigenvalue weighted by Gasteiger charge is 2.34. The van der Waals surface area contributed by atoms with E-state index < -0.39 is 0 Å². The van der Waals surface area contributed by atoms with Gasteiger partial charge in [0.05, 0.1) is 29.5 Å². The van der Waals surface area contributed by atoms with Crippen molar-refractivity contribution in [2.45, 2.75) is 34.1 Å². The van der Waals surface area contributed by atoms with E-state index in [4.69, 9.17) is 14.5 Å². The number of thioether (sulfide) groups is 1. The molecule has 0 aliphatic carbocycles. The summed E-state index contributed by atoms with van der Waals surface area (Å²) in [5.41, 5.74) is 4.76. The molecular weight excluding hydrogens is 456 g/mol.